The molecular weight excluding hydrogens is 258 g/mol. The number of nitrogens with two attached hydrogens (primary N) is 1. The third-order valence-corrected chi connectivity index (χ3v) is 4.17. The Morgan fingerprint density at radius 2 is 2.16 bits per heavy atom. The number of aryl methyl sites for hydroxylation is 1. The fourth-order valence-electron chi connectivity index (χ4n) is 3.02. The molecule has 1 aliphatic rings. The lowest BCUT2D eigenvalue weighted by atomic mass is 9.75. The molecule has 0 saturated heterocycles. The lowest BCUT2D eigenvalue weighted by molar-refractivity contribution is 0.432. The molecule has 0 saturated carbocycles. The average Bonchev–Trinajstić information content (AvgIpc) is 2.67. The minimum atomic E-state index is 0.106. The Hall–Kier alpha value is -1.48. The summed E-state index contributed by atoms with van der Waals surface area (Å²) in [6.45, 7) is 4.48. The first-order chi connectivity index (χ1) is 8.99. The van der Waals surface area contributed by atoms with Gasteiger partial charge in [-0.1, -0.05) is 31.5 Å². The average molecular weight is 276 g/mol. The number of nitrogens with zero attached hydrogens (tertiary/aromatic N) is 2. The van der Waals surface area contributed by atoms with Crippen molar-refractivity contribution >= 4 is 17.4 Å². The summed E-state index contributed by atoms with van der Waals surface area (Å²) < 4.78 is 1.82. The number of fused-ring (bicyclic) bond motifs is 1. The molecule has 2 aromatic rings. The maximum atomic E-state index is 6.34. The Labute approximate surface area is 118 Å². The second-order valence-electron chi connectivity index (χ2n) is 5.84. The minimum Gasteiger partial charge on any atom is -0.383 e. The summed E-state index contributed by atoms with van der Waals surface area (Å²) in [5.41, 5.74) is 9.71. The monoisotopic (exact) mass is 275 g/mol. The molecular formula is C15H18ClN3. The van der Waals surface area contributed by atoms with E-state index in [1.165, 1.54) is 12.0 Å². The van der Waals surface area contributed by atoms with Gasteiger partial charge in [0.1, 0.15) is 5.82 Å². The molecule has 1 aliphatic carbocycles. The highest BCUT2D eigenvalue weighted by Gasteiger charge is 2.33. The van der Waals surface area contributed by atoms with Crippen molar-refractivity contribution in [1.29, 1.82) is 0 Å². The van der Waals surface area contributed by atoms with Crippen LogP contribution < -0.4 is 5.73 Å². The van der Waals surface area contributed by atoms with Gasteiger partial charge in [-0.05, 0) is 42.9 Å². The number of hydrogen-bond donors (Lipinski definition) is 1. The van der Waals surface area contributed by atoms with E-state index >= 15 is 0 Å². The summed E-state index contributed by atoms with van der Waals surface area (Å²) in [7, 11) is 0. The van der Waals surface area contributed by atoms with Crippen LogP contribution in [0.25, 0.3) is 5.69 Å². The van der Waals surface area contributed by atoms with Crippen LogP contribution in [-0.2, 0) is 11.8 Å². The fraction of sp³-hybridized carbons (Fsp3) is 0.400. The predicted molar refractivity (Wildman–Crippen MR) is 79.0 cm³/mol. The molecule has 2 N–H and O–H groups in total. The summed E-state index contributed by atoms with van der Waals surface area (Å²) in [5.74, 6) is 0.752. The van der Waals surface area contributed by atoms with E-state index in [9.17, 15) is 0 Å². The molecule has 0 aliphatic heterocycles. The number of nitrogen functional groups attached to an aromatic ring is 1. The Morgan fingerprint density at radius 3 is 2.84 bits per heavy atom. The maximum absolute atomic E-state index is 6.34. The molecule has 3 nitrogen and oxygen atoms in total. The van der Waals surface area contributed by atoms with Gasteiger partial charge >= 0.3 is 0 Å². The van der Waals surface area contributed by atoms with E-state index in [4.69, 9.17) is 22.4 Å². The Bertz CT molecular complexity index is 628. The van der Waals surface area contributed by atoms with Gasteiger partial charge in [-0.15, -0.1) is 0 Å². The maximum Gasteiger partial charge on any atom is 0.131 e. The SMILES string of the molecule is CC1(C)CCCc2nn(-c3cccc(Cl)c3)c(N)c21. The van der Waals surface area contributed by atoms with Crippen LogP contribution in [0.15, 0.2) is 24.3 Å². The summed E-state index contributed by atoms with van der Waals surface area (Å²) in [4.78, 5) is 0. The largest absolute Gasteiger partial charge is 0.383 e. The van der Waals surface area contributed by atoms with E-state index in [1.807, 2.05) is 28.9 Å². The summed E-state index contributed by atoms with van der Waals surface area (Å²) in [6, 6.07) is 7.65. The molecule has 1 aromatic carbocycles. The number of rotatable bonds is 1. The number of benzene rings is 1. The molecule has 0 amide bonds. The van der Waals surface area contributed by atoms with Gasteiger partial charge in [-0.2, -0.15) is 5.10 Å². The van der Waals surface area contributed by atoms with Gasteiger partial charge in [0.15, 0.2) is 0 Å². The van der Waals surface area contributed by atoms with Crippen molar-refractivity contribution in [1.82, 2.24) is 9.78 Å². The predicted octanol–water partition coefficient (Wildman–Crippen LogP) is 3.72. The van der Waals surface area contributed by atoms with Crippen molar-refractivity contribution in [3.8, 4) is 5.69 Å². The van der Waals surface area contributed by atoms with Gasteiger partial charge in [0.2, 0.25) is 0 Å². The van der Waals surface area contributed by atoms with E-state index < -0.39 is 0 Å². The number of halogens is 1. The van der Waals surface area contributed by atoms with Gasteiger partial charge in [0, 0.05) is 10.6 Å². The highest BCUT2D eigenvalue weighted by Crippen LogP contribution is 2.40. The molecule has 0 spiro atoms. The van der Waals surface area contributed by atoms with Crippen LogP contribution in [0, 0.1) is 0 Å². The third-order valence-electron chi connectivity index (χ3n) is 3.94. The molecule has 1 heterocycles. The van der Waals surface area contributed by atoms with Gasteiger partial charge in [-0.25, -0.2) is 4.68 Å². The van der Waals surface area contributed by atoms with Crippen LogP contribution in [0.4, 0.5) is 5.82 Å². The Morgan fingerprint density at radius 1 is 1.37 bits per heavy atom. The lowest BCUT2D eigenvalue weighted by Gasteiger charge is -2.29. The summed E-state index contributed by atoms with van der Waals surface area (Å²) in [5, 5.41) is 5.39. The van der Waals surface area contributed by atoms with E-state index in [0.29, 0.717) is 5.02 Å². The van der Waals surface area contributed by atoms with E-state index in [-0.39, 0.29) is 5.41 Å². The number of anilines is 1. The van der Waals surface area contributed by atoms with Crippen LogP contribution in [0.1, 0.15) is 37.9 Å². The minimum absolute atomic E-state index is 0.106. The number of aromatic nitrogens is 2. The molecule has 0 radical (unpaired) electrons. The second kappa shape index (κ2) is 4.27. The highest BCUT2D eigenvalue weighted by atomic mass is 35.5. The zero-order valence-corrected chi connectivity index (χ0v) is 12.0. The first kappa shape index (κ1) is 12.5. The van der Waals surface area contributed by atoms with Gasteiger partial charge in [-0.3, -0.25) is 0 Å². The third kappa shape index (κ3) is 2.02. The Balaban J connectivity index is 2.18. The van der Waals surface area contributed by atoms with Crippen molar-refractivity contribution in [2.24, 2.45) is 0 Å². The van der Waals surface area contributed by atoms with Crippen LogP contribution in [0.3, 0.4) is 0 Å². The molecule has 19 heavy (non-hydrogen) atoms. The molecule has 100 valence electrons. The fourth-order valence-corrected chi connectivity index (χ4v) is 3.20. The summed E-state index contributed by atoms with van der Waals surface area (Å²) >= 11 is 6.05. The van der Waals surface area contributed by atoms with Gasteiger partial charge < -0.3 is 5.73 Å². The quantitative estimate of drug-likeness (QED) is 0.862. The van der Waals surface area contributed by atoms with Crippen LogP contribution in [-0.4, -0.2) is 9.78 Å². The molecule has 0 unspecified atom stereocenters. The topological polar surface area (TPSA) is 43.8 Å². The van der Waals surface area contributed by atoms with Crippen molar-refractivity contribution < 1.29 is 0 Å². The van der Waals surface area contributed by atoms with E-state index in [0.717, 1.165) is 30.0 Å². The normalized spacial score (nSPS) is 17.2. The first-order valence-electron chi connectivity index (χ1n) is 6.63. The zero-order chi connectivity index (χ0) is 13.6. The molecule has 1 aromatic heterocycles. The van der Waals surface area contributed by atoms with Crippen molar-refractivity contribution in [3.05, 3.63) is 40.5 Å². The molecule has 3 rings (SSSR count). The van der Waals surface area contributed by atoms with Gasteiger partial charge in [0.25, 0.3) is 0 Å². The van der Waals surface area contributed by atoms with Crippen molar-refractivity contribution in [2.45, 2.75) is 38.5 Å². The molecule has 0 bridgehead atoms. The highest BCUT2D eigenvalue weighted by molar-refractivity contribution is 6.30. The standard InChI is InChI=1S/C15H18ClN3/c1-15(2)8-4-7-12-13(15)14(17)19(18-12)11-6-3-5-10(16)9-11/h3,5-6,9H,4,7-8,17H2,1-2H3. The smallest absolute Gasteiger partial charge is 0.131 e. The Kier molecular flexibility index (Phi) is 2.82. The molecule has 0 atom stereocenters. The van der Waals surface area contributed by atoms with Crippen LogP contribution in [0.5, 0.6) is 0 Å². The number of hydrogen-bond acceptors (Lipinski definition) is 2. The van der Waals surface area contributed by atoms with E-state index in [1.54, 1.807) is 0 Å². The zero-order valence-electron chi connectivity index (χ0n) is 11.3. The van der Waals surface area contributed by atoms with E-state index in [2.05, 4.69) is 13.8 Å². The summed E-state index contributed by atoms with van der Waals surface area (Å²) in [6.07, 6.45) is 3.34. The van der Waals surface area contributed by atoms with Gasteiger partial charge in [0.05, 0.1) is 11.4 Å². The first-order valence-corrected chi connectivity index (χ1v) is 7.00. The second-order valence-corrected chi connectivity index (χ2v) is 6.27. The van der Waals surface area contributed by atoms with Crippen molar-refractivity contribution in [3.63, 3.8) is 0 Å². The lowest BCUT2D eigenvalue weighted by Crippen LogP contribution is -2.24. The molecule has 0 fully saturated rings. The van der Waals surface area contributed by atoms with Crippen LogP contribution in [0.2, 0.25) is 5.02 Å². The van der Waals surface area contributed by atoms with Crippen molar-refractivity contribution in [2.75, 3.05) is 5.73 Å². The molecule has 4 heteroatoms. The van der Waals surface area contributed by atoms with Crippen LogP contribution >= 0.6 is 11.6 Å².